The van der Waals surface area contributed by atoms with Gasteiger partial charge in [-0.2, -0.15) is 0 Å². The average molecular weight is 792 g/mol. The lowest BCUT2D eigenvalue weighted by atomic mass is 9.95. The summed E-state index contributed by atoms with van der Waals surface area (Å²) in [5, 5.41) is 28.6. The van der Waals surface area contributed by atoms with Crippen molar-refractivity contribution in [3.8, 4) is 33.9 Å². The molecule has 0 saturated heterocycles. The van der Waals surface area contributed by atoms with Gasteiger partial charge in [-0.1, -0.05) is 102 Å². The van der Waals surface area contributed by atoms with Crippen LogP contribution in [-0.2, 0) is 38.8 Å². The van der Waals surface area contributed by atoms with E-state index >= 15 is 0 Å². The first-order chi connectivity index (χ1) is 28.5. The van der Waals surface area contributed by atoms with Gasteiger partial charge < -0.3 is 24.2 Å². The van der Waals surface area contributed by atoms with Gasteiger partial charge in [-0.25, -0.2) is 0 Å². The van der Waals surface area contributed by atoms with Crippen LogP contribution in [0.15, 0.2) is 131 Å². The van der Waals surface area contributed by atoms with E-state index in [-0.39, 0.29) is 13.2 Å². The first-order valence-electron chi connectivity index (χ1n) is 20.4. The van der Waals surface area contributed by atoms with Gasteiger partial charge in [0, 0.05) is 55.8 Å². The zero-order valence-corrected chi connectivity index (χ0v) is 33.4. The van der Waals surface area contributed by atoms with Crippen LogP contribution < -0.4 is 9.47 Å². The summed E-state index contributed by atoms with van der Waals surface area (Å²) in [5.41, 5.74) is 12.4. The Morgan fingerprint density at radius 1 is 0.655 bits per heavy atom. The smallest absolute Gasteiger partial charge is 0.186 e. The Labute approximate surface area is 343 Å². The lowest BCUT2D eigenvalue weighted by Gasteiger charge is -2.30. The van der Waals surface area contributed by atoms with Gasteiger partial charge in [0.15, 0.2) is 5.58 Å². The summed E-state index contributed by atoms with van der Waals surface area (Å²) in [6.07, 6.45) is 2.56. The Balaban J connectivity index is 0.804. The molecule has 5 aromatic carbocycles. The van der Waals surface area contributed by atoms with Crippen molar-refractivity contribution in [2.75, 3.05) is 39.4 Å². The van der Waals surface area contributed by atoms with Gasteiger partial charge in [0.1, 0.15) is 47.3 Å². The van der Waals surface area contributed by atoms with Crippen LogP contribution in [0.2, 0.25) is 0 Å². The molecule has 0 spiro atoms. The molecule has 0 amide bonds. The first-order valence-corrected chi connectivity index (χ1v) is 21.2. The Morgan fingerprint density at radius 2 is 1.36 bits per heavy atom. The minimum Gasteiger partial charge on any atom is -0.491 e. The number of aryl methyl sites for hydroxylation is 2. The SMILES string of the molecule is OC(COc1cccc(-c2noc3c(-c4ccc5c(c4)CN(CC(O)COc4ccccc4CCc4ccccc4)CC5)csc23)c1)CN1CCc2ccccc2C1. The molecular formula is C49H49N3O5S. The number of aromatic nitrogens is 1. The maximum absolute atomic E-state index is 11.1. The molecule has 2 N–H and O–H groups in total. The fraction of sp³-hybridized carbons (Fsp3) is 0.286. The van der Waals surface area contributed by atoms with Crippen LogP contribution in [0.3, 0.4) is 0 Å². The summed E-state index contributed by atoms with van der Waals surface area (Å²) in [6, 6.07) is 41.7. The summed E-state index contributed by atoms with van der Waals surface area (Å²) in [7, 11) is 0. The van der Waals surface area contributed by atoms with Gasteiger partial charge in [0.25, 0.3) is 0 Å². The zero-order valence-electron chi connectivity index (χ0n) is 32.6. The van der Waals surface area contributed by atoms with Crippen molar-refractivity contribution in [2.24, 2.45) is 0 Å². The molecule has 0 fully saturated rings. The third kappa shape index (κ3) is 8.89. The van der Waals surface area contributed by atoms with Crippen LogP contribution in [-0.4, -0.2) is 76.8 Å². The summed E-state index contributed by atoms with van der Waals surface area (Å²) < 4.78 is 19.3. The van der Waals surface area contributed by atoms with E-state index in [0.717, 1.165) is 95.8 Å². The molecule has 2 aliphatic heterocycles. The zero-order chi connectivity index (χ0) is 39.3. The molecule has 7 aromatic rings. The highest BCUT2D eigenvalue weighted by molar-refractivity contribution is 7.18. The van der Waals surface area contributed by atoms with E-state index in [1.54, 1.807) is 11.3 Å². The van der Waals surface area contributed by atoms with Gasteiger partial charge in [-0.05, 0) is 88.9 Å². The predicted octanol–water partition coefficient (Wildman–Crippen LogP) is 8.60. The third-order valence-electron chi connectivity index (χ3n) is 11.4. The number of fused-ring (bicyclic) bond motifs is 3. The Bertz CT molecular complexity index is 2460. The van der Waals surface area contributed by atoms with Gasteiger partial charge in [0.05, 0.1) is 0 Å². The number of nitrogens with zero attached hydrogens (tertiary/aromatic N) is 3. The summed E-state index contributed by atoms with van der Waals surface area (Å²) in [4.78, 5) is 4.61. The summed E-state index contributed by atoms with van der Waals surface area (Å²) >= 11 is 1.63. The molecule has 8 nitrogen and oxygen atoms in total. The molecule has 2 unspecified atom stereocenters. The lowest BCUT2D eigenvalue weighted by Crippen LogP contribution is -2.38. The highest BCUT2D eigenvalue weighted by atomic mass is 32.1. The Morgan fingerprint density at radius 3 is 2.19 bits per heavy atom. The van der Waals surface area contributed by atoms with E-state index in [0.29, 0.717) is 18.8 Å². The van der Waals surface area contributed by atoms with E-state index in [4.69, 9.17) is 14.0 Å². The first kappa shape index (κ1) is 38.2. The van der Waals surface area contributed by atoms with Crippen molar-refractivity contribution in [1.29, 1.82) is 0 Å². The second-order valence-corrected chi connectivity index (χ2v) is 16.5. The van der Waals surface area contributed by atoms with Crippen LogP contribution in [0.1, 0.15) is 33.4 Å². The van der Waals surface area contributed by atoms with Crippen LogP contribution in [0.5, 0.6) is 11.5 Å². The molecule has 4 heterocycles. The molecule has 9 rings (SSSR count). The van der Waals surface area contributed by atoms with Crippen molar-refractivity contribution >= 4 is 21.6 Å². The molecule has 0 saturated carbocycles. The molecule has 0 aliphatic carbocycles. The van der Waals surface area contributed by atoms with Crippen LogP contribution >= 0.6 is 11.3 Å². The maximum Gasteiger partial charge on any atom is 0.186 e. The highest BCUT2D eigenvalue weighted by Gasteiger charge is 2.23. The van der Waals surface area contributed by atoms with Crippen molar-refractivity contribution in [2.45, 2.75) is 51.0 Å². The molecule has 58 heavy (non-hydrogen) atoms. The third-order valence-corrected chi connectivity index (χ3v) is 12.4. The topological polar surface area (TPSA) is 91.4 Å². The summed E-state index contributed by atoms with van der Waals surface area (Å²) in [5.74, 6) is 1.53. The molecular weight excluding hydrogens is 743 g/mol. The second kappa shape index (κ2) is 17.7. The van der Waals surface area contributed by atoms with E-state index in [9.17, 15) is 10.2 Å². The molecule has 2 atom stereocenters. The van der Waals surface area contributed by atoms with Crippen LogP contribution in [0.4, 0.5) is 0 Å². The monoisotopic (exact) mass is 791 g/mol. The number of ether oxygens (including phenoxy) is 2. The fourth-order valence-electron chi connectivity index (χ4n) is 8.35. The van der Waals surface area contributed by atoms with Crippen molar-refractivity contribution in [3.05, 3.63) is 160 Å². The maximum atomic E-state index is 11.1. The minimum atomic E-state index is -0.608. The number of β-amino-alcohol motifs (C(OH)–C–C–N with tert-alkyl or cyclic N) is 2. The normalized spacial score (nSPS) is 15.5. The minimum absolute atomic E-state index is 0.214. The molecule has 0 radical (unpaired) electrons. The van der Waals surface area contributed by atoms with Crippen LogP contribution in [0, 0.1) is 0 Å². The second-order valence-electron chi connectivity index (χ2n) is 15.6. The highest BCUT2D eigenvalue weighted by Crippen LogP contribution is 2.41. The number of para-hydroxylation sites is 1. The summed E-state index contributed by atoms with van der Waals surface area (Å²) in [6.45, 7) is 5.01. The van der Waals surface area contributed by atoms with Crippen molar-refractivity contribution in [3.63, 3.8) is 0 Å². The van der Waals surface area contributed by atoms with Crippen molar-refractivity contribution in [1.82, 2.24) is 15.0 Å². The Hall–Kier alpha value is -5.29. The number of benzene rings is 5. The van der Waals surface area contributed by atoms with Gasteiger partial charge in [0.2, 0.25) is 0 Å². The molecule has 2 aliphatic rings. The molecule has 2 aromatic heterocycles. The molecule has 296 valence electrons. The standard InChI is InChI=1S/C49H49N3O5S/c53-42(29-51-23-21-35-11-4-5-13-40(35)27-51)31-55-44-15-8-14-39(26-44)47-49-48(57-50-47)45(33-58-49)38-20-19-36-22-24-52(28-41(36)25-38)30-43(54)32-56-46-16-7-6-12-37(46)18-17-34-9-2-1-3-10-34/h1-16,19-20,25-26,33,42-43,53-54H,17-18,21-24,27-32H2. The van der Waals surface area contributed by atoms with Crippen LogP contribution in [0.25, 0.3) is 32.7 Å². The number of thiophene rings is 1. The largest absolute Gasteiger partial charge is 0.491 e. The van der Waals surface area contributed by atoms with E-state index in [1.807, 2.05) is 48.5 Å². The van der Waals surface area contributed by atoms with Gasteiger partial charge in [-0.3, -0.25) is 9.80 Å². The van der Waals surface area contributed by atoms with Gasteiger partial charge in [-0.15, -0.1) is 11.3 Å². The van der Waals surface area contributed by atoms with E-state index < -0.39 is 12.2 Å². The number of rotatable bonds is 15. The van der Waals surface area contributed by atoms with E-state index in [1.165, 1.54) is 27.8 Å². The number of aliphatic hydroxyl groups excluding tert-OH is 2. The Kier molecular flexibility index (Phi) is 11.7. The molecule has 9 heteroatoms. The predicted molar refractivity (Wildman–Crippen MR) is 230 cm³/mol. The lowest BCUT2D eigenvalue weighted by molar-refractivity contribution is 0.0634. The average Bonchev–Trinajstić information content (AvgIpc) is 3.88. The quantitative estimate of drug-likeness (QED) is 0.107. The van der Waals surface area contributed by atoms with Gasteiger partial charge >= 0.3 is 0 Å². The number of aliphatic hydroxyl groups is 2. The van der Waals surface area contributed by atoms with E-state index in [2.05, 4.69) is 93.1 Å². The fourth-order valence-corrected chi connectivity index (χ4v) is 9.35. The molecule has 0 bridgehead atoms. The van der Waals surface area contributed by atoms with Crippen molar-refractivity contribution < 1.29 is 24.2 Å². The number of hydrogen-bond donors (Lipinski definition) is 2. The number of hydrogen-bond acceptors (Lipinski definition) is 9.